The maximum absolute atomic E-state index is 12.3. The second-order valence-corrected chi connectivity index (χ2v) is 16.1. The summed E-state index contributed by atoms with van der Waals surface area (Å²) in [6.45, 7) is 2.92. The van der Waals surface area contributed by atoms with Crippen LogP contribution in [-0.4, -0.2) is 160 Å². The van der Waals surface area contributed by atoms with E-state index in [-0.39, 0.29) is 154 Å². The second-order valence-electron chi connectivity index (χ2n) is 16.1. The van der Waals surface area contributed by atoms with Gasteiger partial charge in [-0.25, -0.2) is 4.79 Å². The van der Waals surface area contributed by atoms with Gasteiger partial charge in [0.05, 0.1) is 46.1 Å². The first kappa shape index (κ1) is 62.1. The third-order valence-corrected chi connectivity index (χ3v) is 10.0. The molecule has 1 unspecified atom stereocenters. The molecule has 0 rings (SSSR count). The summed E-state index contributed by atoms with van der Waals surface area (Å²) in [5.74, 6) is -5.95. The van der Waals surface area contributed by atoms with Crippen LogP contribution in [0.2, 0.25) is 0 Å². The van der Waals surface area contributed by atoms with Crippen LogP contribution >= 0.6 is 0 Å². The Kier molecular flexibility index (Phi) is 40.4. The quantitative estimate of drug-likeness (QED) is 0.0393. The Morgan fingerprint density at radius 1 is 0.403 bits per heavy atom. The zero-order valence-corrected chi connectivity index (χ0v) is 39.6. The molecule has 0 spiro atoms. The average Bonchev–Trinajstić information content (AvgIpc) is 3.27. The minimum Gasteiger partial charge on any atom is -0.481 e. The summed E-state index contributed by atoms with van der Waals surface area (Å²) in [4.78, 5) is 105. The molecule has 0 aliphatic carbocycles. The Bertz CT molecular complexity index is 1420. The molecule has 0 bridgehead atoms. The van der Waals surface area contributed by atoms with E-state index in [4.69, 9.17) is 29.2 Å². The summed E-state index contributed by atoms with van der Waals surface area (Å²) >= 11 is 0. The van der Waals surface area contributed by atoms with Crippen LogP contribution in [0.5, 0.6) is 0 Å². The van der Waals surface area contributed by atoms with Gasteiger partial charge in [-0.2, -0.15) is 0 Å². The lowest BCUT2D eigenvalue weighted by molar-refractivity contribution is -0.142. The maximum atomic E-state index is 12.3. The van der Waals surface area contributed by atoms with Gasteiger partial charge in [0, 0.05) is 64.3 Å². The molecule has 0 radical (unpaired) electrons. The van der Waals surface area contributed by atoms with Gasteiger partial charge in [-0.15, -0.1) is 0 Å². The van der Waals surface area contributed by atoms with Crippen LogP contribution in [0.1, 0.15) is 135 Å². The highest BCUT2D eigenvalue weighted by atomic mass is 16.5. The van der Waals surface area contributed by atoms with Crippen molar-refractivity contribution in [2.45, 2.75) is 141 Å². The molecule has 67 heavy (non-hydrogen) atoms. The summed E-state index contributed by atoms with van der Waals surface area (Å²) in [5.41, 5.74) is 0. The zero-order chi connectivity index (χ0) is 49.8. The van der Waals surface area contributed by atoms with Crippen LogP contribution in [0.3, 0.4) is 0 Å². The smallest absolute Gasteiger partial charge is 0.326 e. The SMILES string of the molecule is CC(CC(=O)O)C(=O)NCCC(=O)NCCNC(=O)COCCOCCNC(=O)COCCOCCNC(=O)CC[C@H](NC(=O)CCCCCCCCCCCCCCCCC(=O)O)C(=O)O. The minimum absolute atomic E-state index is 0.00443. The number of carbonyl (C=O) groups is 9. The van der Waals surface area contributed by atoms with Gasteiger partial charge >= 0.3 is 17.9 Å². The molecular formula is C45H80N6O16. The van der Waals surface area contributed by atoms with E-state index in [0.29, 0.717) is 6.42 Å². The predicted molar refractivity (Wildman–Crippen MR) is 245 cm³/mol. The molecule has 0 heterocycles. The third kappa shape index (κ3) is 43.4. The number of unbranched alkanes of at least 4 members (excludes halogenated alkanes) is 13. The number of amides is 6. The highest BCUT2D eigenvalue weighted by Crippen LogP contribution is 2.14. The number of hydrogen-bond acceptors (Lipinski definition) is 13. The summed E-state index contributed by atoms with van der Waals surface area (Å²) in [6.07, 6.45) is 15.0. The molecule has 22 nitrogen and oxygen atoms in total. The van der Waals surface area contributed by atoms with E-state index in [1.165, 1.54) is 45.4 Å². The molecule has 22 heteroatoms. The van der Waals surface area contributed by atoms with Gasteiger partial charge < -0.3 is 66.2 Å². The van der Waals surface area contributed by atoms with Gasteiger partial charge in [-0.05, 0) is 19.3 Å². The molecule has 0 aliphatic rings. The number of carboxylic acid groups (broad SMARTS) is 3. The van der Waals surface area contributed by atoms with E-state index in [2.05, 4.69) is 31.9 Å². The maximum Gasteiger partial charge on any atom is 0.326 e. The van der Waals surface area contributed by atoms with Crippen molar-refractivity contribution < 1.29 is 77.4 Å². The Balaban J connectivity index is 3.67. The number of nitrogens with one attached hydrogen (secondary N) is 6. The largest absolute Gasteiger partial charge is 0.481 e. The van der Waals surface area contributed by atoms with Gasteiger partial charge in [0.1, 0.15) is 19.3 Å². The molecule has 0 aromatic carbocycles. The third-order valence-electron chi connectivity index (χ3n) is 10.0. The van der Waals surface area contributed by atoms with Gasteiger partial charge in [-0.3, -0.25) is 38.4 Å². The van der Waals surface area contributed by atoms with Crippen LogP contribution in [0.15, 0.2) is 0 Å². The molecule has 0 aliphatic heterocycles. The summed E-state index contributed by atoms with van der Waals surface area (Å²) < 4.78 is 21.2. The molecule has 9 N–H and O–H groups in total. The van der Waals surface area contributed by atoms with Gasteiger partial charge in [0.25, 0.3) is 0 Å². The van der Waals surface area contributed by atoms with Crippen molar-refractivity contribution in [3.05, 3.63) is 0 Å². The van der Waals surface area contributed by atoms with E-state index in [9.17, 15) is 48.3 Å². The van der Waals surface area contributed by atoms with Crippen molar-refractivity contribution in [3.63, 3.8) is 0 Å². The highest BCUT2D eigenvalue weighted by molar-refractivity contribution is 5.85. The van der Waals surface area contributed by atoms with Crippen LogP contribution in [-0.2, 0) is 62.1 Å². The summed E-state index contributed by atoms with van der Waals surface area (Å²) in [5, 5.41) is 42.4. The average molecular weight is 961 g/mol. The molecule has 2 atom stereocenters. The molecular weight excluding hydrogens is 881 g/mol. The second kappa shape index (κ2) is 43.6. The van der Waals surface area contributed by atoms with Crippen molar-refractivity contribution in [3.8, 4) is 0 Å². The van der Waals surface area contributed by atoms with E-state index < -0.39 is 35.8 Å². The van der Waals surface area contributed by atoms with Crippen LogP contribution < -0.4 is 31.9 Å². The fourth-order valence-corrected chi connectivity index (χ4v) is 6.29. The van der Waals surface area contributed by atoms with Crippen LogP contribution in [0.25, 0.3) is 0 Å². The summed E-state index contributed by atoms with van der Waals surface area (Å²) in [7, 11) is 0. The van der Waals surface area contributed by atoms with Crippen molar-refractivity contribution in [1.82, 2.24) is 31.9 Å². The monoisotopic (exact) mass is 961 g/mol. The van der Waals surface area contributed by atoms with Gasteiger partial charge in [-0.1, -0.05) is 84.0 Å². The van der Waals surface area contributed by atoms with Crippen LogP contribution in [0, 0.1) is 5.92 Å². The summed E-state index contributed by atoms with van der Waals surface area (Å²) in [6, 6.07) is -1.16. The van der Waals surface area contributed by atoms with Crippen molar-refractivity contribution >= 4 is 53.4 Å². The standard InChI is InChI=1S/C45H80N6O16/c1-35(32-43(59)60)44(61)50-21-20-38(53)46-22-23-47-40(55)33-66-30-29-65-27-25-49-41(56)34-67-31-28-64-26-24-48-37(52)19-18-36(45(62)63)51-39(54)16-14-12-10-8-6-4-2-3-5-7-9-11-13-15-17-42(57)58/h35-36H,2-34H2,1H3,(H,46,53)(H,47,55)(H,48,52)(H,49,56)(H,50,61)(H,51,54)(H,57,58)(H,59,60)(H,62,63)/t35?,36-/m0/s1. The van der Waals surface area contributed by atoms with Gasteiger partial charge in [0.15, 0.2) is 0 Å². The number of hydrogen-bond donors (Lipinski definition) is 9. The first-order valence-corrected chi connectivity index (χ1v) is 23.8. The number of aliphatic carboxylic acids is 3. The van der Waals surface area contributed by atoms with Crippen molar-refractivity contribution in [2.24, 2.45) is 5.92 Å². The lowest BCUT2D eigenvalue weighted by Gasteiger charge is -2.14. The fraction of sp³-hybridized carbons (Fsp3) is 0.800. The zero-order valence-electron chi connectivity index (χ0n) is 39.6. The van der Waals surface area contributed by atoms with Crippen molar-refractivity contribution in [2.75, 3.05) is 85.6 Å². The number of carboxylic acids is 3. The number of ether oxygens (including phenoxy) is 4. The van der Waals surface area contributed by atoms with Crippen LogP contribution in [0.4, 0.5) is 0 Å². The molecule has 0 fully saturated rings. The molecule has 6 amide bonds. The Hall–Kier alpha value is -4.93. The Labute approximate surface area is 394 Å². The van der Waals surface area contributed by atoms with Gasteiger partial charge in [0.2, 0.25) is 35.4 Å². The highest BCUT2D eigenvalue weighted by Gasteiger charge is 2.21. The van der Waals surface area contributed by atoms with E-state index >= 15 is 0 Å². The topological polar surface area (TPSA) is 323 Å². The van der Waals surface area contributed by atoms with E-state index in [1.54, 1.807) is 0 Å². The lowest BCUT2D eigenvalue weighted by atomic mass is 10.0. The minimum atomic E-state index is -1.20. The molecule has 0 aromatic heterocycles. The Morgan fingerprint density at radius 2 is 0.821 bits per heavy atom. The molecule has 0 saturated heterocycles. The fourth-order valence-electron chi connectivity index (χ4n) is 6.29. The van der Waals surface area contributed by atoms with E-state index in [1.807, 2.05) is 0 Å². The molecule has 0 aromatic rings. The molecule has 386 valence electrons. The predicted octanol–water partition coefficient (Wildman–Crippen LogP) is 1.81. The Morgan fingerprint density at radius 3 is 1.30 bits per heavy atom. The first-order chi connectivity index (χ1) is 32.2. The number of carbonyl (C=O) groups excluding carboxylic acids is 6. The number of rotatable bonds is 47. The van der Waals surface area contributed by atoms with E-state index in [0.717, 1.165) is 44.9 Å². The lowest BCUT2D eigenvalue weighted by Crippen LogP contribution is -2.41. The molecule has 0 saturated carbocycles. The van der Waals surface area contributed by atoms with Crippen molar-refractivity contribution in [1.29, 1.82) is 0 Å². The first-order valence-electron chi connectivity index (χ1n) is 23.8. The normalized spacial score (nSPS) is 11.8.